The number of carbonyl (C=O) groups is 1. The van der Waals surface area contributed by atoms with Crippen molar-refractivity contribution in [2.24, 2.45) is 0 Å². The zero-order chi connectivity index (χ0) is 15.2. The van der Waals surface area contributed by atoms with Crippen LogP contribution >= 0.6 is 0 Å². The SMILES string of the molecule is Cc1ccc(C(=O)C[C@H](C[N+](=O)[O-])c2ccccc2)cc1. The second kappa shape index (κ2) is 6.79. The Morgan fingerprint density at radius 2 is 1.71 bits per heavy atom. The normalized spacial score (nSPS) is 11.9. The molecule has 0 amide bonds. The van der Waals surface area contributed by atoms with Crippen LogP contribution in [0.3, 0.4) is 0 Å². The zero-order valence-electron chi connectivity index (χ0n) is 11.9. The highest BCUT2D eigenvalue weighted by Gasteiger charge is 2.21. The third kappa shape index (κ3) is 4.24. The molecular formula is C17H17NO3. The minimum absolute atomic E-state index is 0.0642. The van der Waals surface area contributed by atoms with Crippen LogP contribution in [0.4, 0.5) is 0 Å². The number of aryl methyl sites for hydroxylation is 1. The molecule has 1 atom stereocenters. The molecule has 2 aromatic rings. The fourth-order valence-electron chi connectivity index (χ4n) is 2.27. The lowest BCUT2D eigenvalue weighted by Gasteiger charge is -2.12. The smallest absolute Gasteiger partial charge is 0.211 e. The molecule has 0 fully saturated rings. The summed E-state index contributed by atoms with van der Waals surface area (Å²) in [6.45, 7) is 1.72. The van der Waals surface area contributed by atoms with Gasteiger partial charge in [-0.05, 0) is 12.5 Å². The highest BCUT2D eigenvalue weighted by atomic mass is 16.6. The maximum Gasteiger partial charge on any atom is 0.211 e. The summed E-state index contributed by atoms with van der Waals surface area (Å²) in [6, 6.07) is 16.5. The van der Waals surface area contributed by atoms with E-state index in [2.05, 4.69) is 0 Å². The Bertz CT molecular complexity index is 620. The van der Waals surface area contributed by atoms with Crippen molar-refractivity contribution in [2.45, 2.75) is 19.3 Å². The van der Waals surface area contributed by atoms with Gasteiger partial charge < -0.3 is 0 Å². The topological polar surface area (TPSA) is 60.2 Å². The second-order valence-electron chi connectivity index (χ2n) is 5.12. The van der Waals surface area contributed by atoms with E-state index < -0.39 is 5.92 Å². The molecule has 0 saturated carbocycles. The lowest BCUT2D eigenvalue weighted by molar-refractivity contribution is -0.483. The molecule has 2 aromatic carbocycles. The molecule has 0 N–H and O–H groups in total. The molecule has 108 valence electrons. The molecule has 0 unspecified atom stereocenters. The van der Waals surface area contributed by atoms with Gasteiger partial charge in [-0.25, -0.2) is 0 Å². The zero-order valence-corrected chi connectivity index (χ0v) is 11.9. The molecule has 0 radical (unpaired) electrons. The first-order valence-electron chi connectivity index (χ1n) is 6.83. The van der Waals surface area contributed by atoms with E-state index in [1.54, 1.807) is 12.1 Å². The minimum Gasteiger partial charge on any atom is -0.294 e. The first-order chi connectivity index (χ1) is 10.1. The van der Waals surface area contributed by atoms with Crippen LogP contribution in [0.2, 0.25) is 0 Å². The van der Waals surface area contributed by atoms with Gasteiger partial charge >= 0.3 is 0 Å². The largest absolute Gasteiger partial charge is 0.294 e. The number of carbonyl (C=O) groups excluding carboxylic acids is 1. The molecule has 21 heavy (non-hydrogen) atoms. The first kappa shape index (κ1) is 14.9. The van der Waals surface area contributed by atoms with Crippen molar-refractivity contribution >= 4 is 5.78 Å². The van der Waals surface area contributed by atoms with Crippen LogP contribution in [0.5, 0.6) is 0 Å². The van der Waals surface area contributed by atoms with Crippen molar-refractivity contribution in [1.29, 1.82) is 0 Å². The predicted octanol–water partition coefficient (Wildman–Crippen LogP) is 3.63. The second-order valence-corrected chi connectivity index (χ2v) is 5.12. The van der Waals surface area contributed by atoms with E-state index in [0.717, 1.165) is 11.1 Å². The van der Waals surface area contributed by atoms with Crippen LogP contribution in [0.25, 0.3) is 0 Å². The molecule has 0 aliphatic heterocycles. The summed E-state index contributed by atoms with van der Waals surface area (Å²) in [5, 5.41) is 10.8. The lowest BCUT2D eigenvalue weighted by Crippen LogP contribution is -2.16. The number of ketones is 1. The number of nitrogens with zero attached hydrogens (tertiary/aromatic N) is 1. The molecule has 0 heterocycles. The molecule has 0 saturated heterocycles. The molecule has 0 aliphatic carbocycles. The maximum atomic E-state index is 12.3. The van der Waals surface area contributed by atoms with Gasteiger partial charge in [-0.15, -0.1) is 0 Å². The predicted molar refractivity (Wildman–Crippen MR) is 81.2 cm³/mol. The monoisotopic (exact) mass is 283 g/mol. The van der Waals surface area contributed by atoms with E-state index in [1.807, 2.05) is 49.4 Å². The molecule has 0 bridgehead atoms. The fraction of sp³-hybridized carbons (Fsp3) is 0.235. The van der Waals surface area contributed by atoms with Gasteiger partial charge in [0.15, 0.2) is 5.78 Å². The molecule has 2 rings (SSSR count). The van der Waals surface area contributed by atoms with E-state index in [-0.39, 0.29) is 23.7 Å². The quantitative estimate of drug-likeness (QED) is 0.462. The number of hydrogen-bond donors (Lipinski definition) is 0. The van der Waals surface area contributed by atoms with Crippen LogP contribution in [0.15, 0.2) is 54.6 Å². The standard InChI is InChI=1S/C17H17NO3/c1-13-7-9-15(10-8-13)17(19)11-16(12-18(20)21)14-5-3-2-4-6-14/h2-10,16H,11-12H2,1H3/t16-/m1/s1. The van der Waals surface area contributed by atoms with Gasteiger partial charge in [0.05, 0.1) is 5.92 Å². The average molecular weight is 283 g/mol. The summed E-state index contributed by atoms with van der Waals surface area (Å²) >= 11 is 0. The first-order valence-corrected chi connectivity index (χ1v) is 6.83. The Morgan fingerprint density at radius 1 is 1.10 bits per heavy atom. The van der Waals surface area contributed by atoms with Crippen molar-refractivity contribution in [2.75, 3.05) is 6.54 Å². The van der Waals surface area contributed by atoms with Crippen molar-refractivity contribution in [3.8, 4) is 0 Å². The molecule has 4 heteroatoms. The Balaban J connectivity index is 2.17. The van der Waals surface area contributed by atoms with E-state index in [4.69, 9.17) is 0 Å². The highest BCUT2D eigenvalue weighted by molar-refractivity contribution is 5.96. The van der Waals surface area contributed by atoms with E-state index >= 15 is 0 Å². The van der Waals surface area contributed by atoms with Crippen LogP contribution in [0, 0.1) is 17.0 Å². The minimum atomic E-state index is -0.394. The Labute approximate surface area is 123 Å². The molecule has 4 nitrogen and oxygen atoms in total. The van der Waals surface area contributed by atoms with Gasteiger partial charge in [0.2, 0.25) is 6.54 Å². The number of benzene rings is 2. The highest BCUT2D eigenvalue weighted by Crippen LogP contribution is 2.22. The van der Waals surface area contributed by atoms with Crippen LogP contribution < -0.4 is 0 Å². The number of Topliss-reactive ketones (excluding diaryl/α,β-unsaturated/α-hetero) is 1. The number of rotatable bonds is 6. The summed E-state index contributed by atoms with van der Waals surface area (Å²) in [7, 11) is 0. The average Bonchev–Trinajstić information content (AvgIpc) is 2.47. The Hall–Kier alpha value is -2.49. The summed E-state index contributed by atoms with van der Waals surface area (Å²) in [5.74, 6) is -0.458. The van der Waals surface area contributed by atoms with Gasteiger partial charge in [0, 0.05) is 16.9 Å². The fourth-order valence-corrected chi connectivity index (χ4v) is 2.27. The summed E-state index contributed by atoms with van der Waals surface area (Å²) in [5.41, 5.74) is 2.51. The number of hydrogen-bond acceptors (Lipinski definition) is 3. The van der Waals surface area contributed by atoms with E-state index in [1.165, 1.54) is 0 Å². The van der Waals surface area contributed by atoms with Gasteiger partial charge in [-0.1, -0.05) is 60.2 Å². The van der Waals surface area contributed by atoms with Crippen molar-refractivity contribution in [1.82, 2.24) is 0 Å². The molecular weight excluding hydrogens is 266 g/mol. The van der Waals surface area contributed by atoms with Crippen molar-refractivity contribution in [3.63, 3.8) is 0 Å². The summed E-state index contributed by atoms with van der Waals surface area (Å²) in [4.78, 5) is 22.8. The van der Waals surface area contributed by atoms with Crippen LogP contribution in [0.1, 0.15) is 33.8 Å². The molecule has 0 aliphatic rings. The summed E-state index contributed by atoms with van der Waals surface area (Å²) < 4.78 is 0. The Morgan fingerprint density at radius 3 is 2.29 bits per heavy atom. The van der Waals surface area contributed by atoms with Crippen LogP contribution in [-0.2, 0) is 0 Å². The van der Waals surface area contributed by atoms with Gasteiger partial charge in [0.25, 0.3) is 0 Å². The van der Waals surface area contributed by atoms with Crippen molar-refractivity contribution < 1.29 is 9.72 Å². The van der Waals surface area contributed by atoms with Gasteiger partial charge in [-0.2, -0.15) is 0 Å². The summed E-state index contributed by atoms with van der Waals surface area (Å²) in [6.07, 6.45) is 0.147. The van der Waals surface area contributed by atoms with Gasteiger partial charge in [0.1, 0.15) is 0 Å². The number of nitro groups is 1. The Kier molecular flexibility index (Phi) is 4.82. The van der Waals surface area contributed by atoms with Gasteiger partial charge in [-0.3, -0.25) is 14.9 Å². The molecule has 0 spiro atoms. The van der Waals surface area contributed by atoms with E-state index in [9.17, 15) is 14.9 Å². The molecule has 0 aromatic heterocycles. The third-order valence-electron chi connectivity index (χ3n) is 3.45. The third-order valence-corrected chi connectivity index (χ3v) is 3.45. The van der Waals surface area contributed by atoms with E-state index in [0.29, 0.717) is 5.56 Å². The maximum absolute atomic E-state index is 12.3. The van der Waals surface area contributed by atoms with Crippen molar-refractivity contribution in [3.05, 3.63) is 81.4 Å². The van der Waals surface area contributed by atoms with Crippen LogP contribution in [-0.4, -0.2) is 17.3 Å². The lowest BCUT2D eigenvalue weighted by atomic mass is 9.91.